The van der Waals surface area contributed by atoms with Crippen LogP contribution < -0.4 is 14.8 Å². The van der Waals surface area contributed by atoms with E-state index in [0.717, 1.165) is 0 Å². The molecule has 0 bridgehead atoms. The maximum atomic E-state index is 12.8. The molecule has 0 spiro atoms. The van der Waals surface area contributed by atoms with Crippen molar-refractivity contribution in [3.05, 3.63) is 23.8 Å². The van der Waals surface area contributed by atoms with E-state index in [0.29, 0.717) is 56.1 Å². The van der Waals surface area contributed by atoms with Gasteiger partial charge >= 0.3 is 0 Å². The number of amides is 3. The topological polar surface area (TPSA) is 88.2 Å². The highest BCUT2D eigenvalue weighted by Gasteiger charge is 2.33. The first-order chi connectivity index (χ1) is 12.5. The summed E-state index contributed by atoms with van der Waals surface area (Å²) in [6, 6.07) is 4.64. The van der Waals surface area contributed by atoms with Crippen LogP contribution in [0.15, 0.2) is 18.2 Å². The van der Waals surface area contributed by atoms with Gasteiger partial charge in [-0.15, -0.1) is 0 Å². The zero-order valence-corrected chi connectivity index (χ0v) is 15.0. The Balaban J connectivity index is 1.62. The summed E-state index contributed by atoms with van der Waals surface area (Å²) >= 11 is 0. The summed E-state index contributed by atoms with van der Waals surface area (Å²) in [5.74, 6) is 0.843. The highest BCUT2D eigenvalue weighted by atomic mass is 16.5. The minimum atomic E-state index is -0.424. The third-order valence-electron chi connectivity index (χ3n) is 4.77. The van der Waals surface area contributed by atoms with Crippen molar-refractivity contribution in [1.29, 1.82) is 0 Å². The molecule has 1 aromatic rings. The second-order valence-electron chi connectivity index (χ2n) is 6.38. The van der Waals surface area contributed by atoms with Gasteiger partial charge in [-0.3, -0.25) is 14.4 Å². The van der Waals surface area contributed by atoms with E-state index in [4.69, 9.17) is 9.47 Å². The van der Waals surface area contributed by atoms with Crippen LogP contribution in [0.5, 0.6) is 11.5 Å². The third kappa shape index (κ3) is 3.74. The van der Waals surface area contributed by atoms with Crippen LogP contribution in [0.25, 0.3) is 0 Å². The number of carbonyl (C=O) groups is 3. The van der Waals surface area contributed by atoms with Gasteiger partial charge in [0.05, 0.1) is 14.2 Å². The molecule has 1 unspecified atom stereocenters. The first-order valence-corrected chi connectivity index (χ1v) is 8.62. The summed E-state index contributed by atoms with van der Waals surface area (Å²) in [5, 5.41) is 2.70. The number of rotatable bonds is 4. The Morgan fingerprint density at radius 1 is 1.00 bits per heavy atom. The SMILES string of the molecule is COc1cc(OC)cc(C(=O)N2CCN(C(=O)C3CCC(=O)N3)CC2)c1. The molecule has 0 aliphatic carbocycles. The Labute approximate surface area is 152 Å². The molecule has 140 valence electrons. The van der Waals surface area contributed by atoms with Gasteiger partial charge in [0.25, 0.3) is 5.91 Å². The second-order valence-corrected chi connectivity index (χ2v) is 6.38. The van der Waals surface area contributed by atoms with Gasteiger partial charge in [0.15, 0.2) is 0 Å². The molecule has 0 aromatic heterocycles. The van der Waals surface area contributed by atoms with Crippen molar-refractivity contribution >= 4 is 17.7 Å². The zero-order chi connectivity index (χ0) is 18.7. The van der Waals surface area contributed by atoms with Crippen molar-refractivity contribution in [3.63, 3.8) is 0 Å². The molecule has 2 fully saturated rings. The second kappa shape index (κ2) is 7.63. The van der Waals surface area contributed by atoms with Crippen LogP contribution in [0.4, 0.5) is 0 Å². The van der Waals surface area contributed by atoms with E-state index in [2.05, 4.69) is 5.32 Å². The van der Waals surface area contributed by atoms with E-state index >= 15 is 0 Å². The molecule has 2 saturated heterocycles. The van der Waals surface area contributed by atoms with Crippen LogP contribution in [0, 0.1) is 0 Å². The quantitative estimate of drug-likeness (QED) is 0.832. The molecular formula is C18H23N3O5. The monoisotopic (exact) mass is 361 g/mol. The summed E-state index contributed by atoms with van der Waals surface area (Å²) in [6.07, 6.45) is 0.937. The number of methoxy groups -OCH3 is 2. The predicted octanol–water partition coefficient (Wildman–Crippen LogP) is 0.267. The highest BCUT2D eigenvalue weighted by Crippen LogP contribution is 2.24. The fourth-order valence-corrected chi connectivity index (χ4v) is 3.26. The van der Waals surface area contributed by atoms with Gasteiger partial charge in [-0.25, -0.2) is 0 Å². The molecule has 2 heterocycles. The van der Waals surface area contributed by atoms with Gasteiger partial charge < -0.3 is 24.6 Å². The van der Waals surface area contributed by atoms with Crippen LogP contribution in [0.2, 0.25) is 0 Å². The molecule has 1 atom stereocenters. The molecule has 26 heavy (non-hydrogen) atoms. The lowest BCUT2D eigenvalue weighted by atomic mass is 10.1. The van der Waals surface area contributed by atoms with Crippen molar-refractivity contribution in [2.75, 3.05) is 40.4 Å². The predicted molar refractivity (Wildman–Crippen MR) is 93.2 cm³/mol. The van der Waals surface area contributed by atoms with Crippen LogP contribution in [-0.2, 0) is 9.59 Å². The van der Waals surface area contributed by atoms with Gasteiger partial charge in [0, 0.05) is 44.2 Å². The summed E-state index contributed by atoms with van der Waals surface area (Å²) in [6.45, 7) is 1.81. The number of benzene rings is 1. The van der Waals surface area contributed by atoms with Crippen molar-refractivity contribution in [3.8, 4) is 11.5 Å². The fourth-order valence-electron chi connectivity index (χ4n) is 3.26. The Morgan fingerprint density at radius 3 is 2.08 bits per heavy atom. The average Bonchev–Trinajstić information content (AvgIpc) is 3.12. The summed E-state index contributed by atoms with van der Waals surface area (Å²) in [4.78, 5) is 39.9. The van der Waals surface area contributed by atoms with Crippen LogP contribution in [0.1, 0.15) is 23.2 Å². The molecule has 8 heteroatoms. The van der Waals surface area contributed by atoms with E-state index in [1.165, 1.54) is 14.2 Å². The Hall–Kier alpha value is -2.77. The van der Waals surface area contributed by atoms with Gasteiger partial charge in [-0.2, -0.15) is 0 Å². The average molecular weight is 361 g/mol. The number of nitrogens with zero attached hydrogens (tertiary/aromatic N) is 2. The lowest BCUT2D eigenvalue weighted by Crippen LogP contribution is -2.54. The normalized spacial score (nSPS) is 19.9. The molecule has 0 radical (unpaired) electrons. The van der Waals surface area contributed by atoms with E-state index in [-0.39, 0.29) is 17.7 Å². The minimum Gasteiger partial charge on any atom is -0.497 e. The van der Waals surface area contributed by atoms with Crippen molar-refractivity contribution in [1.82, 2.24) is 15.1 Å². The molecule has 8 nitrogen and oxygen atoms in total. The molecule has 1 aromatic carbocycles. The van der Waals surface area contributed by atoms with Crippen LogP contribution in [0.3, 0.4) is 0 Å². The fraction of sp³-hybridized carbons (Fsp3) is 0.500. The number of ether oxygens (including phenoxy) is 2. The highest BCUT2D eigenvalue weighted by molar-refractivity contribution is 5.95. The first-order valence-electron chi connectivity index (χ1n) is 8.62. The number of hydrogen-bond acceptors (Lipinski definition) is 5. The first kappa shape index (κ1) is 18.0. The van der Waals surface area contributed by atoms with Gasteiger partial charge in [0.2, 0.25) is 11.8 Å². The van der Waals surface area contributed by atoms with E-state index in [1.807, 2.05) is 0 Å². The summed E-state index contributed by atoms with van der Waals surface area (Å²) in [5.41, 5.74) is 0.490. The molecule has 3 amide bonds. The maximum absolute atomic E-state index is 12.8. The van der Waals surface area contributed by atoms with E-state index < -0.39 is 6.04 Å². The standard InChI is InChI=1S/C18H23N3O5/c1-25-13-9-12(10-14(11-13)26-2)17(23)20-5-7-21(8-6-20)18(24)15-3-4-16(22)19-15/h9-11,15H,3-8H2,1-2H3,(H,19,22). The van der Waals surface area contributed by atoms with E-state index in [1.54, 1.807) is 28.0 Å². The third-order valence-corrected chi connectivity index (χ3v) is 4.77. The zero-order valence-electron chi connectivity index (χ0n) is 15.0. The Morgan fingerprint density at radius 2 is 1.58 bits per heavy atom. The van der Waals surface area contributed by atoms with Crippen LogP contribution >= 0.6 is 0 Å². The molecule has 2 aliphatic rings. The summed E-state index contributed by atoms with van der Waals surface area (Å²) < 4.78 is 10.4. The van der Waals surface area contributed by atoms with E-state index in [9.17, 15) is 14.4 Å². The Bertz CT molecular complexity index is 691. The number of hydrogen-bond donors (Lipinski definition) is 1. The Kier molecular flexibility index (Phi) is 5.29. The minimum absolute atomic E-state index is 0.0639. The smallest absolute Gasteiger partial charge is 0.254 e. The van der Waals surface area contributed by atoms with Crippen molar-refractivity contribution in [2.24, 2.45) is 0 Å². The molecule has 2 aliphatic heterocycles. The van der Waals surface area contributed by atoms with Crippen molar-refractivity contribution < 1.29 is 23.9 Å². The summed E-state index contributed by atoms with van der Waals surface area (Å²) in [7, 11) is 3.07. The number of nitrogens with one attached hydrogen (secondary N) is 1. The van der Waals surface area contributed by atoms with Gasteiger partial charge in [-0.1, -0.05) is 0 Å². The lowest BCUT2D eigenvalue weighted by Gasteiger charge is -2.36. The molecule has 1 N–H and O–H groups in total. The lowest BCUT2D eigenvalue weighted by molar-refractivity contribution is -0.135. The van der Waals surface area contributed by atoms with Crippen molar-refractivity contribution in [2.45, 2.75) is 18.9 Å². The van der Waals surface area contributed by atoms with Crippen LogP contribution in [-0.4, -0.2) is 74.0 Å². The number of carbonyl (C=O) groups excluding carboxylic acids is 3. The van der Waals surface area contributed by atoms with Gasteiger partial charge in [-0.05, 0) is 18.6 Å². The molecule has 0 saturated carbocycles. The maximum Gasteiger partial charge on any atom is 0.254 e. The largest absolute Gasteiger partial charge is 0.497 e. The van der Waals surface area contributed by atoms with Gasteiger partial charge in [0.1, 0.15) is 17.5 Å². The molecular weight excluding hydrogens is 338 g/mol. The number of piperazine rings is 1. The molecule has 3 rings (SSSR count).